The molecule has 0 aromatic heterocycles. The Bertz CT molecular complexity index is 516. The van der Waals surface area contributed by atoms with E-state index in [2.05, 4.69) is 20.8 Å². The molecule has 0 aromatic carbocycles. The van der Waals surface area contributed by atoms with Crippen LogP contribution in [0.1, 0.15) is 157 Å². The number of unbranched alkanes of at least 4 members (excludes halogenated alkanes) is 15. The van der Waals surface area contributed by atoms with Crippen molar-refractivity contribution < 1.29 is 33.3 Å². The van der Waals surface area contributed by atoms with Crippen LogP contribution in [-0.4, -0.2) is 33.6 Å². The smallest absolute Gasteiger partial charge is 0.220 e. The topological polar surface area (TPSA) is 72.5 Å². The van der Waals surface area contributed by atoms with E-state index in [0.29, 0.717) is 0 Å². The Kier molecular flexibility index (Phi) is 31.8. The van der Waals surface area contributed by atoms with E-state index in [-0.39, 0.29) is 16.3 Å². The van der Waals surface area contributed by atoms with E-state index >= 15 is 0 Å². The van der Waals surface area contributed by atoms with Gasteiger partial charge in [-0.25, -0.2) is 19.2 Å². The van der Waals surface area contributed by atoms with Gasteiger partial charge in [0.05, 0.1) is 0 Å². The van der Waals surface area contributed by atoms with E-state index in [1.165, 1.54) is 96.3 Å². The lowest BCUT2D eigenvalue weighted by molar-refractivity contribution is -0.331. The first-order valence-electron chi connectivity index (χ1n) is 16.4. The van der Waals surface area contributed by atoms with E-state index in [4.69, 9.17) is 28.7 Å². The van der Waals surface area contributed by atoms with Crippen molar-refractivity contribution in [3.63, 3.8) is 0 Å². The Morgan fingerprint density at radius 2 is 0.683 bits per heavy atom. The molecule has 0 aliphatic heterocycles. The minimum Gasteiger partial charge on any atom is -0.220 e. The van der Waals surface area contributed by atoms with Crippen LogP contribution in [0.3, 0.4) is 0 Å². The van der Waals surface area contributed by atoms with Crippen molar-refractivity contribution in [3.8, 4) is 0 Å². The van der Waals surface area contributed by atoms with Gasteiger partial charge in [-0.15, -0.1) is 49.3 Å². The molecule has 41 heavy (non-hydrogen) atoms. The Hall–Kier alpha value is 1.04. The van der Waals surface area contributed by atoms with Gasteiger partial charge >= 0.3 is 7.82 Å². The fraction of sp³-hybridized carbons (Fsp3) is 1.00. The largest absolute Gasteiger partial charge is 0.556 e. The molecule has 0 saturated heterocycles. The van der Waals surface area contributed by atoms with Crippen molar-refractivity contribution >= 4 is 43.1 Å². The van der Waals surface area contributed by atoms with Crippen LogP contribution in [0.2, 0.25) is 0 Å². The number of hydrogen-bond acceptors (Lipinski definition) is 10. The number of hydrogen-bond donors (Lipinski definition) is 0. The Labute approximate surface area is 266 Å². The van der Waals surface area contributed by atoms with Crippen LogP contribution >= 0.6 is 43.1 Å². The lowest BCUT2D eigenvalue weighted by Gasteiger charge is -2.20. The van der Waals surface area contributed by atoms with Gasteiger partial charge in [-0.3, -0.25) is 0 Å². The molecule has 248 valence electrons. The number of thioether (sulfide) groups is 3. The molecule has 0 saturated carbocycles. The minimum atomic E-state index is -4.26. The van der Waals surface area contributed by atoms with E-state index in [9.17, 15) is 4.57 Å². The van der Waals surface area contributed by atoms with Crippen molar-refractivity contribution in [1.82, 2.24) is 0 Å². The van der Waals surface area contributed by atoms with Crippen LogP contribution in [0.4, 0.5) is 0 Å². The summed E-state index contributed by atoms with van der Waals surface area (Å²) in [6.07, 6.45) is 22.2. The van der Waals surface area contributed by atoms with Crippen molar-refractivity contribution in [1.29, 1.82) is 0 Å². The average molecular weight is 663 g/mol. The second kappa shape index (κ2) is 31.0. The maximum absolute atomic E-state index is 13.3. The van der Waals surface area contributed by atoms with E-state index in [1.807, 2.05) is 20.8 Å². The standard InChI is InChI=1S/C30H63O7PS3/c1-7-10-13-16-19-22-25-39-28(4)32-35-38(31,36-33-29(5)40-26-23-20-17-14-11-8-2)37-34-30(6)41-27-24-21-18-15-12-9-3/h28-30H,7-27H2,1-6H3. The number of rotatable bonds is 33. The lowest BCUT2D eigenvalue weighted by atomic mass is 10.1. The van der Waals surface area contributed by atoms with Gasteiger partial charge in [0.2, 0.25) is 0 Å². The molecule has 0 aliphatic rings. The molecule has 0 rings (SSSR count). The van der Waals surface area contributed by atoms with Crippen LogP contribution in [0.15, 0.2) is 0 Å². The monoisotopic (exact) mass is 662 g/mol. The summed E-state index contributed by atoms with van der Waals surface area (Å²) in [5.41, 5.74) is -1.03. The second-order valence-electron chi connectivity index (χ2n) is 10.6. The summed E-state index contributed by atoms with van der Waals surface area (Å²) in [5.74, 6) is 2.82. The summed E-state index contributed by atoms with van der Waals surface area (Å²) in [7, 11) is -4.26. The van der Waals surface area contributed by atoms with Gasteiger partial charge in [0.25, 0.3) is 0 Å². The van der Waals surface area contributed by atoms with E-state index in [0.717, 1.165) is 36.5 Å². The summed E-state index contributed by atoms with van der Waals surface area (Å²) in [6, 6.07) is 0. The number of phosphoric acid groups is 1. The molecule has 0 fully saturated rings. The Morgan fingerprint density at radius 1 is 0.439 bits per heavy atom. The highest BCUT2D eigenvalue weighted by Crippen LogP contribution is 2.52. The zero-order valence-electron chi connectivity index (χ0n) is 27.1. The third-order valence-electron chi connectivity index (χ3n) is 6.36. The maximum Gasteiger partial charge on any atom is 0.556 e. The summed E-state index contributed by atoms with van der Waals surface area (Å²) in [6.45, 7) is 12.2. The molecule has 0 radical (unpaired) electrons. The van der Waals surface area contributed by atoms with Gasteiger partial charge in [-0.05, 0) is 57.3 Å². The highest BCUT2D eigenvalue weighted by Gasteiger charge is 2.35. The molecule has 0 heterocycles. The van der Waals surface area contributed by atoms with Crippen LogP contribution < -0.4 is 0 Å². The van der Waals surface area contributed by atoms with Crippen molar-refractivity contribution in [2.75, 3.05) is 17.3 Å². The predicted molar refractivity (Wildman–Crippen MR) is 180 cm³/mol. The third kappa shape index (κ3) is 29.5. The molecule has 0 spiro atoms. The fourth-order valence-electron chi connectivity index (χ4n) is 3.86. The van der Waals surface area contributed by atoms with Gasteiger partial charge < -0.3 is 0 Å². The summed E-state index contributed by atoms with van der Waals surface area (Å²) < 4.78 is 28.8. The minimum absolute atomic E-state index is 0.342. The summed E-state index contributed by atoms with van der Waals surface area (Å²) >= 11 is 4.80. The molecule has 0 aromatic rings. The van der Waals surface area contributed by atoms with Crippen LogP contribution in [0, 0.1) is 0 Å². The molecule has 0 N–H and O–H groups in total. The van der Waals surface area contributed by atoms with Crippen LogP contribution in [-0.2, 0) is 33.3 Å². The second-order valence-corrected chi connectivity index (χ2v) is 16.1. The van der Waals surface area contributed by atoms with Gasteiger partial charge in [0.15, 0.2) is 0 Å². The quantitative estimate of drug-likeness (QED) is 0.0223. The first kappa shape index (κ1) is 42.0. The van der Waals surface area contributed by atoms with Crippen LogP contribution in [0.25, 0.3) is 0 Å². The van der Waals surface area contributed by atoms with Gasteiger partial charge in [0.1, 0.15) is 16.3 Å². The third-order valence-corrected chi connectivity index (χ3v) is 10.4. The van der Waals surface area contributed by atoms with Crippen molar-refractivity contribution in [2.45, 2.75) is 173 Å². The molecular formula is C30H63O7PS3. The lowest BCUT2D eigenvalue weighted by Crippen LogP contribution is -2.12. The first-order valence-corrected chi connectivity index (χ1v) is 21.0. The molecular weight excluding hydrogens is 599 g/mol. The SMILES string of the molecule is CCCCCCCCSC(C)OOP(=O)(OOC(C)SCCCCCCCC)OOC(C)SCCCCCCCC. The first-order chi connectivity index (χ1) is 19.9. The normalized spacial score (nSPS) is 15.6. The average Bonchev–Trinajstić information content (AvgIpc) is 2.96. The predicted octanol–water partition coefficient (Wildman–Crippen LogP) is 12.3. The van der Waals surface area contributed by atoms with Gasteiger partial charge in [-0.1, -0.05) is 117 Å². The Morgan fingerprint density at radius 3 is 0.951 bits per heavy atom. The molecule has 0 amide bonds. The van der Waals surface area contributed by atoms with E-state index in [1.54, 1.807) is 35.3 Å². The molecule has 11 heteroatoms. The Balaban J connectivity index is 4.51. The molecule has 0 bridgehead atoms. The van der Waals surface area contributed by atoms with Crippen LogP contribution in [0.5, 0.6) is 0 Å². The molecule has 0 aliphatic carbocycles. The maximum atomic E-state index is 13.3. The van der Waals surface area contributed by atoms with Gasteiger partial charge in [0, 0.05) is 0 Å². The summed E-state index contributed by atoms with van der Waals surface area (Å²) in [4.78, 5) is 16.2. The van der Waals surface area contributed by atoms with Crippen molar-refractivity contribution in [2.24, 2.45) is 0 Å². The molecule has 3 atom stereocenters. The zero-order valence-corrected chi connectivity index (χ0v) is 30.5. The highest BCUT2D eigenvalue weighted by atomic mass is 32.2. The van der Waals surface area contributed by atoms with Gasteiger partial charge in [-0.2, -0.15) is 0 Å². The fourth-order valence-corrected chi connectivity index (χ4v) is 7.20. The molecule has 3 unspecified atom stereocenters. The zero-order chi connectivity index (χ0) is 30.4. The van der Waals surface area contributed by atoms with E-state index < -0.39 is 7.82 Å². The molecule has 7 nitrogen and oxygen atoms in total. The highest BCUT2D eigenvalue weighted by molar-refractivity contribution is 8.00. The van der Waals surface area contributed by atoms with Crippen molar-refractivity contribution in [3.05, 3.63) is 0 Å². The summed E-state index contributed by atoms with van der Waals surface area (Å²) in [5, 5.41) is 0.